The van der Waals surface area contributed by atoms with Crippen LogP contribution >= 0.6 is 27.5 Å². The Labute approximate surface area is 130 Å². The van der Waals surface area contributed by atoms with Crippen LogP contribution in [0.3, 0.4) is 0 Å². The van der Waals surface area contributed by atoms with E-state index in [1.165, 1.54) is 23.7 Å². The molecule has 2 rings (SSSR count). The van der Waals surface area contributed by atoms with Gasteiger partial charge in [0.2, 0.25) is 15.3 Å². The molecule has 0 spiro atoms. The third-order valence-corrected chi connectivity index (χ3v) is 5.04. The first-order chi connectivity index (χ1) is 9.39. The normalized spacial score (nSPS) is 11.8. The molecular weight excluding hydrogens is 366 g/mol. The molecule has 2 aromatic rings. The van der Waals surface area contributed by atoms with Gasteiger partial charge in [-0.2, -0.15) is 4.31 Å². The number of aromatic nitrogens is 2. The molecule has 0 bridgehead atoms. The van der Waals surface area contributed by atoms with Gasteiger partial charge in [0, 0.05) is 18.1 Å². The molecule has 0 saturated carbocycles. The molecule has 0 saturated heterocycles. The Morgan fingerprint density at radius 3 is 2.55 bits per heavy atom. The Kier molecular flexibility index (Phi) is 4.74. The third-order valence-electron chi connectivity index (χ3n) is 2.60. The Hall–Kier alpha value is -1.02. The second-order valence-electron chi connectivity index (χ2n) is 4.08. The van der Waals surface area contributed by atoms with E-state index in [4.69, 9.17) is 11.6 Å². The summed E-state index contributed by atoms with van der Waals surface area (Å²) in [6.45, 7) is 0.254. The number of hydrogen-bond acceptors (Lipinski definition) is 4. The summed E-state index contributed by atoms with van der Waals surface area (Å²) in [4.78, 5) is 7.39. The lowest BCUT2D eigenvalue weighted by atomic mass is 10.2. The minimum atomic E-state index is -3.63. The molecule has 1 aromatic carbocycles. The van der Waals surface area contributed by atoms with Crippen LogP contribution in [0, 0.1) is 0 Å². The van der Waals surface area contributed by atoms with E-state index in [2.05, 4.69) is 25.9 Å². The summed E-state index contributed by atoms with van der Waals surface area (Å²) in [6.07, 6.45) is 2.39. The van der Waals surface area contributed by atoms with Crippen LogP contribution in [0.2, 0.25) is 5.28 Å². The molecule has 20 heavy (non-hydrogen) atoms. The maximum atomic E-state index is 12.3. The van der Waals surface area contributed by atoms with Gasteiger partial charge < -0.3 is 0 Å². The molecule has 0 aliphatic carbocycles. The molecule has 1 heterocycles. The topological polar surface area (TPSA) is 63.2 Å². The van der Waals surface area contributed by atoms with Crippen molar-refractivity contribution >= 4 is 37.6 Å². The van der Waals surface area contributed by atoms with Gasteiger partial charge in [0.1, 0.15) is 4.90 Å². The van der Waals surface area contributed by atoms with Crippen LogP contribution in [-0.4, -0.2) is 29.7 Å². The largest absolute Gasteiger partial charge is 0.246 e. The summed E-state index contributed by atoms with van der Waals surface area (Å²) in [5.41, 5.74) is 0.875. The fraction of sp³-hybridized carbons (Fsp3) is 0.167. The smallest absolute Gasteiger partial charge is 0.225 e. The van der Waals surface area contributed by atoms with E-state index in [1.54, 1.807) is 0 Å². The number of benzene rings is 1. The summed E-state index contributed by atoms with van der Waals surface area (Å²) >= 11 is 8.91. The lowest BCUT2D eigenvalue weighted by Crippen LogP contribution is -2.26. The van der Waals surface area contributed by atoms with Crippen LogP contribution in [0.1, 0.15) is 5.56 Å². The Morgan fingerprint density at radius 2 is 1.95 bits per heavy atom. The first-order valence-corrected chi connectivity index (χ1v) is 8.19. The van der Waals surface area contributed by atoms with Crippen molar-refractivity contribution in [3.8, 4) is 0 Å². The lowest BCUT2D eigenvalue weighted by molar-refractivity contribution is 0.466. The average molecular weight is 377 g/mol. The van der Waals surface area contributed by atoms with Crippen LogP contribution in [0.15, 0.2) is 46.0 Å². The lowest BCUT2D eigenvalue weighted by Gasteiger charge is -2.17. The monoisotopic (exact) mass is 375 g/mol. The first kappa shape index (κ1) is 15.4. The van der Waals surface area contributed by atoms with Crippen LogP contribution in [0.5, 0.6) is 0 Å². The minimum Gasteiger partial charge on any atom is -0.225 e. The Balaban J connectivity index is 2.23. The zero-order valence-corrected chi connectivity index (χ0v) is 13.7. The van der Waals surface area contributed by atoms with Crippen molar-refractivity contribution in [2.45, 2.75) is 11.4 Å². The molecule has 0 fully saturated rings. The SMILES string of the molecule is CN(Cc1cccc(Br)c1)S(=O)(=O)c1cnc(Cl)nc1. The highest BCUT2D eigenvalue weighted by molar-refractivity contribution is 9.10. The Morgan fingerprint density at radius 1 is 1.30 bits per heavy atom. The van der Waals surface area contributed by atoms with Gasteiger partial charge in [-0.25, -0.2) is 18.4 Å². The molecule has 1 aromatic heterocycles. The molecule has 8 heteroatoms. The summed E-state index contributed by atoms with van der Waals surface area (Å²) in [6, 6.07) is 7.45. The molecule has 106 valence electrons. The van der Waals surface area contributed by atoms with Crippen molar-refractivity contribution in [3.05, 3.63) is 52.0 Å². The molecule has 0 radical (unpaired) electrons. The summed E-state index contributed by atoms with van der Waals surface area (Å²) in [7, 11) is -2.13. The predicted octanol–water partition coefficient (Wildman–Crippen LogP) is 2.71. The summed E-state index contributed by atoms with van der Waals surface area (Å²) in [5, 5.41) is 0.0126. The Bertz CT molecular complexity index is 707. The average Bonchev–Trinajstić information content (AvgIpc) is 2.39. The van der Waals surface area contributed by atoms with E-state index in [0.717, 1.165) is 10.0 Å². The van der Waals surface area contributed by atoms with Crippen molar-refractivity contribution in [1.82, 2.24) is 14.3 Å². The standard InChI is InChI=1S/C12H11BrClN3O2S/c1-17(8-9-3-2-4-10(13)5-9)20(18,19)11-6-15-12(14)16-7-11/h2-7H,8H2,1H3. The van der Waals surface area contributed by atoms with E-state index in [-0.39, 0.29) is 16.7 Å². The van der Waals surface area contributed by atoms with Gasteiger partial charge in [-0.15, -0.1) is 0 Å². The van der Waals surface area contributed by atoms with Gasteiger partial charge in [0.25, 0.3) is 0 Å². The minimum absolute atomic E-state index is 0.0126. The van der Waals surface area contributed by atoms with Crippen LogP contribution in [0.25, 0.3) is 0 Å². The maximum absolute atomic E-state index is 12.3. The summed E-state index contributed by atoms with van der Waals surface area (Å²) in [5.74, 6) is 0. The fourth-order valence-electron chi connectivity index (χ4n) is 1.59. The highest BCUT2D eigenvalue weighted by Gasteiger charge is 2.21. The van der Waals surface area contributed by atoms with Crippen LogP contribution in [-0.2, 0) is 16.6 Å². The molecule has 0 N–H and O–H groups in total. The molecule has 0 amide bonds. The predicted molar refractivity (Wildman–Crippen MR) is 79.8 cm³/mol. The molecule has 0 aliphatic rings. The third kappa shape index (κ3) is 3.54. The quantitative estimate of drug-likeness (QED) is 0.770. The van der Waals surface area contributed by atoms with Crippen molar-refractivity contribution in [3.63, 3.8) is 0 Å². The van der Waals surface area contributed by atoms with Gasteiger partial charge in [-0.1, -0.05) is 28.1 Å². The first-order valence-electron chi connectivity index (χ1n) is 5.58. The van der Waals surface area contributed by atoms with E-state index < -0.39 is 10.0 Å². The van der Waals surface area contributed by atoms with E-state index in [0.29, 0.717) is 0 Å². The number of sulfonamides is 1. The van der Waals surface area contributed by atoms with E-state index in [1.807, 2.05) is 24.3 Å². The van der Waals surface area contributed by atoms with Gasteiger partial charge in [0.05, 0.1) is 12.4 Å². The van der Waals surface area contributed by atoms with E-state index >= 15 is 0 Å². The second kappa shape index (κ2) is 6.17. The molecule has 0 unspecified atom stereocenters. The van der Waals surface area contributed by atoms with Crippen LogP contribution in [0.4, 0.5) is 0 Å². The van der Waals surface area contributed by atoms with E-state index in [9.17, 15) is 8.42 Å². The highest BCUT2D eigenvalue weighted by atomic mass is 79.9. The van der Waals surface area contributed by atoms with Gasteiger partial charge in [0.15, 0.2) is 0 Å². The molecule has 5 nitrogen and oxygen atoms in total. The number of hydrogen-bond donors (Lipinski definition) is 0. The molecule has 0 aliphatic heterocycles. The number of halogens is 2. The van der Waals surface area contributed by atoms with Gasteiger partial charge in [-0.05, 0) is 29.3 Å². The molecule has 0 atom stereocenters. The van der Waals surface area contributed by atoms with Crippen molar-refractivity contribution < 1.29 is 8.42 Å². The molecular formula is C12H11BrClN3O2S. The number of nitrogens with zero attached hydrogens (tertiary/aromatic N) is 3. The maximum Gasteiger partial charge on any atom is 0.246 e. The van der Waals surface area contributed by atoms with Gasteiger partial charge >= 0.3 is 0 Å². The highest BCUT2D eigenvalue weighted by Crippen LogP contribution is 2.18. The van der Waals surface area contributed by atoms with Crippen molar-refractivity contribution in [1.29, 1.82) is 0 Å². The zero-order chi connectivity index (χ0) is 14.8. The van der Waals surface area contributed by atoms with Crippen molar-refractivity contribution in [2.24, 2.45) is 0 Å². The summed E-state index contributed by atoms with van der Waals surface area (Å²) < 4.78 is 26.8. The number of rotatable bonds is 4. The fourth-order valence-corrected chi connectivity index (χ4v) is 3.19. The van der Waals surface area contributed by atoms with Gasteiger partial charge in [-0.3, -0.25) is 0 Å². The second-order valence-corrected chi connectivity index (χ2v) is 7.38. The zero-order valence-electron chi connectivity index (χ0n) is 10.5. The van der Waals surface area contributed by atoms with Crippen LogP contribution < -0.4 is 0 Å². The van der Waals surface area contributed by atoms with Crippen molar-refractivity contribution in [2.75, 3.05) is 7.05 Å².